The zero-order valence-electron chi connectivity index (χ0n) is 18.2. The van der Waals surface area contributed by atoms with E-state index in [2.05, 4.69) is 42.3 Å². The second kappa shape index (κ2) is 8.40. The first-order chi connectivity index (χ1) is 14.9. The van der Waals surface area contributed by atoms with Crippen molar-refractivity contribution in [3.8, 4) is 16.9 Å². The normalized spacial score (nSPS) is 11.7. The molecular weight excluding hydrogens is 408 g/mol. The zero-order valence-corrected chi connectivity index (χ0v) is 19.0. The van der Waals surface area contributed by atoms with Crippen LogP contribution in [0.5, 0.6) is 5.75 Å². The Labute approximate surface area is 185 Å². The zero-order chi connectivity index (χ0) is 22.1. The number of rotatable bonds is 5. The molecule has 4 rings (SSSR count). The second-order valence-corrected chi connectivity index (χ2v) is 8.49. The molecule has 2 heterocycles. The van der Waals surface area contributed by atoms with E-state index in [1.165, 1.54) is 22.5 Å². The first-order valence-corrected chi connectivity index (χ1v) is 10.8. The van der Waals surface area contributed by atoms with Crippen LogP contribution in [0.3, 0.4) is 0 Å². The molecular formula is C25H24N2O3S. The number of hydrogen-bond donors (Lipinski definition) is 1. The number of amides is 1. The lowest BCUT2D eigenvalue weighted by Gasteiger charge is -2.11. The minimum atomic E-state index is -0.226. The van der Waals surface area contributed by atoms with E-state index in [1.807, 2.05) is 31.4 Å². The highest BCUT2D eigenvalue weighted by Crippen LogP contribution is 2.38. The number of thiazole rings is 1. The molecule has 2 aromatic carbocycles. The van der Waals surface area contributed by atoms with E-state index in [0.29, 0.717) is 10.9 Å². The van der Waals surface area contributed by atoms with Gasteiger partial charge in [0.2, 0.25) is 5.91 Å². The van der Waals surface area contributed by atoms with E-state index in [4.69, 9.17) is 9.15 Å². The maximum Gasteiger partial charge on any atom is 0.250 e. The Kier molecular flexibility index (Phi) is 5.65. The van der Waals surface area contributed by atoms with Gasteiger partial charge in [-0.25, -0.2) is 4.98 Å². The number of fused-ring (bicyclic) bond motifs is 1. The number of ether oxygens (including phenoxy) is 1. The van der Waals surface area contributed by atoms with E-state index >= 15 is 0 Å². The van der Waals surface area contributed by atoms with Crippen LogP contribution >= 0.6 is 11.3 Å². The number of carbonyl (C=O) groups excluding carboxylic acids is 1. The highest BCUT2D eigenvalue weighted by molar-refractivity contribution is 7.13. The molecule has 0 aliphatic heterocycles. The molecule has 158 valence electrons. The number of furan rings is 1. The molecule has 0 atom stereocenters. The summed E-state index contributed by atoms with van der Waals surface area (Å²) in [4.78, 5) is 16.8. The minimum absolute atomic E-state index is 0.226. The number of allylic oxidation sites excluding steroid dienone is 1. The van der Waals surface area contributed by atoms with Crippen LogP contribution in [-0.2, 0) is 4.79 Å². The molecule has 1 N–H and O–H groups in total. The van der Waals surface area contributed by atoms with Crippen molar-refractivity contribution in [2.24, 2.45) is 0 Å². The third-order valence-corrected chi connectivity index (χ3v) is 6.06. The summed E-state index contributed by atoms with van der Waals surface area (Å²) < 4.78 is 11.4. The Morgan fingerprint density at radius 1 is 1.16 bits per heavy atom. The summed E-state index contributed by atoms with van der Waals surface area (Å²) in [5.74, 6) is 0.427. The lowest BCUT2D eigenvalue weighted by Crippen LogP contribution is -2.08. The fourth-order valence-electron chi connectivity index (χ4n) is 3.68. The Morgan fingerprint density at radius 2 is 1.97 bits per heavy atom. The molecule has 0 bridgehead atoms. The van der Waals surface area contributed by atoms with Crippen molar-refractivity contribution in [1.29, 1.82) is 0 Å². The largest absolute Gasteiger partial charge is 0.496 e. The van der Waals surface area contributed by atoms with Crippen LogP contribution in [-0.4, -0.2) is 18.0 Å². The molecule has 1 amide bonds. The Balaban J connectivity index is 1.75. The number of carbonyl (C=O) groups is 1. The van der Waals surface area contributed by atoms with Gasteiger partial charge in [0.15, 0.2) is 5.13 Å². The van der Waals surface area contributed by atoms with Crippen molar-refractivity contribution in [2.45, 2.75) is 27.7 Å². The second-order valence-electron chi connectivity index (χ2n) is 7.63. The van der Waals surface area contributed by atoms with Gasteiger partial charge in [-0.1, -0.05) is 23.8 Å². The summed E-state index contributed by atoms with van der Waals surface area (Å²) in [6, 6.07) is 10.3. The molecule has 0 radical (unpaired) electrons. The number of nitrogens with zero attached hydrogens (tertiary/aromatic N) is 1. The Hall–Kier alpha value is -3.38. The predicted molar refractivity (Wildman–Crippen MR) is 127 cm³/mol. The molecule has 0 spiro atoms. The number of anilines is 1. The monoisotopic (exact) mass is 432 g/mol. The molecule has 0 unspecified atom stereocenters. The third kappa shape index (κ3) is 4.25. The maximum absolute atomic E-state index is 12.5. The van der Waals surface area contributed by atoms with Crippen LogP contribution in [0.1, 0.15) is 29.3 Å². The third-order valence-electron chi connectivity index (χ3n) is 5.19. The summed E-state index contributed by atoms with van der Waals surface area (Å²) in [6.45, 7) is 7.97. The van der Waals surface area contributed by atoms with Crippen LogP contribution < -0.4 is 10.1 Å². The van der Waals surface area contributed by atoms with Gasteiger partial charge in [0, 0.05) is 34.0 Å². The number of benzene rings is 2. The smallest absolute Gasteiger partial charge is 0.250 e. The van der Waals surface area contributed by atoms with E-state index in [9.17, 15) is 4.79 Å². The summed E-state index contributed by atoms with van der Waals surface area (Å²) in [5, 5.41) is 6.28. The number of aromatic nitrogens is 1. The standard InChI is InChI=1S/C25H24N2O3S/c1-14-6-7-18(15(2)8-14)21-12-30-23-11-22(29-5)19(10-20(21)23)16(3)9-24(28)27-25-26-17(4)13-31-25/h6-13H,1-5H3,(H,26,27,28)/b16-9+. The number of nitrogens with one attached hydrogen (secondary N) is 1. The van der Waals surface area contributed by atoms with E-state index in [-0.39, 0.29) is 5.91 Å². The highest BCUT2D eigenvalue weighted by atomic mass is 32.1. The number of methoxy groups -OCH3 is 1. The van der Waals surface area contributed by atoms with Crippen LogP contribution in [0, 0.1) is 20.8 Å². The number of aryl methyl sites for hydroxylation is 3. The predicted octanol–water partition coefficient (Wildman–Crippen LogP) is 6.53. The average Bonchev–Trinajstić information content (AvgIpc) is 3.32. The van der Waals surface area contributed by atoms with Gasteiger partial charge < -0.3 is 9.15 Å². The van der Waals surface area contributed by atoms with Crippen molar-refractivity contribution in [1.82, 2.24) is 4.98 Å². The van der Waals surface area contributed by atoms with Crippen LogP contribution in [0.15, 0.2) is 52.5 Å². The molecule has 31 heavy (non-hydrogen) atoms. The summed E-state index contributed by atoms with van der Waals surface area (Å²) in [5.41, 5.74) is 7.80. The summed E-state index contributed by atoms with van der Waals surface area (Å²) in [7, 11) is 1.62. The van der Waals surface area contributed by atoms with Crippen molar-refractivity contribution in [3.63, 3.8) is 0 Å². The Morgan fingerprint density at radius 3 is 2.65 bits per heavy atom. The molecule has 0 aliphatic rings. The van der Waals surface area contributed by atoms with Crippen molar-refractivity contribution < 1.29 is 13.9 Å². The van der Waals surface area contributed by atoms with Gasteiger partial charge in [-0.3, -0.25) is 10.1 Å². The first kappa shape index (κ1) is 20.9. The first-order valence-electron chi connectivity index (χ1n) is 9.94. The van der Waals surface area contributed by atoms with Crippen LogP contribution in [0.25, 0.3) is 27.7 Å². The fourth-order valence-corrected chi connectivity index (χ4v) is 4.37. The number of hydrogen-bond acceptors (Lipinski definition) is 5. The van der Waals surface area contributed by atoms with Gasteiger partial charge >= 0.3 is 0 Å². The maximum atomic E-state index is 12.5. The van der Waals surface area contributed by atoms with E-state index in [1.54, 1.807) is 19.4 Å². The SMILES string of the molecule is COc1cc2occ(-c3ccc(C)cc3C)c2cc1/C(C)=C/C(=O)Nc1nc(C)cs1. The van der Waals surface area contributed by atoms with Gasteiger partial charge in [-0.05, 0) is 50.5 Å². The fraction of sp³-hybridized carbons (Fsp3) is 0.200. The van der Waals surface area contributed by atoms with Gasteiger partial charge in [0.05, 0.1) is 19.1 Å². The summed E-state index contributed by atoms with van der Waals surface area (Å²) >= 11 is 1.40. The minimum Gasteiger partial charge on any atom is -0.496 e. The summed E-state index contributed by atoms with van der Waals surface area (Å²) in [6.07, 6.45) is 3.35. The molecule has 2 aromatic heterocycles. The quantitative estimate of drug-likeness (QED) is 0.364. The highest BCUT2D eigenvalue weighted by Gasteiger charge is 2.16. The van der Waals surface area contributed by atoms with Crippen LogP contribution in [0.4, 0.5) is 5.13 Å². The molecule has 0 saturated heterocycles. The van der Waals surface area contributed by atoms with Gasteiger partial charge in [0.1, 0.15) is 11.3 Å². The molecule has 0 aliphatic carbocycles. The average molecular weight is 433 g/mol. The molecule has 0 fully saturated rings. The van der Waals surface area contributed by atoms with Crippen LogP contribution in [0.2, 0.25) is 0 Å². The lowest BCUT2D eigenvalue weighted by atomic mass is 9.96. The Bertz CT molecular complexity index is 1310. The topological polar surface area (TPSA) is 64.4 Å². The molecule has 6 heteroatoms. The van der Waals surface area contributed by atoms with Gasteiger partial charge in [0.25, 0.3) is 0 Å². The van der Waals surface area contributed by atoms with E-state index < -0.39 is 0 Å². The van der Waals surface area contributed by atoms with Crippen molar-refractivity contribution in [2.75, 3.05) is 12.4 Å². The van der Waals surface area contributed by atoms with Gasteiger partial charge in [-0.15, -0.1) is 11.3 Å². The van der Waals surface area contributed by atoms with Crippen molar-refractivity contribution >= 4 is 38.9 Å². The van der Waals surface area contributed by atoms with E-state index in [0.717, 1.165) is 38.9 Å². The molecule has 0 saturated carbocycles. The van der Waals surface area contributed by atoms with Crippen molar-refractivity contribution in [3.05, 3.63) is 70.4 Å². The van der Waals surface area contributed by atoms with Gasteiger partial charge in [-0.2, -0.15) is 0 Å². The lowest BCUT2D eigenvalue weighted by molar-refractivity contribution is -0.111. The molecule has 5 nitrogen and oxygen atoms in total. The molecule has 4 aromatic rings.